The Hall–Kier alpha value is 0.290. The minimum atomic E-state index is 0.272. The number of hydrogen-bond acceptors (Lipinski definition) is 0. The molecular weight excluding hydrogens is 216 g/mol. The molecule has 0 amide bonds. The fourth-order valence-corrected chi connectivity index (χ4v) is 3.43. The van der Waals surface area contributed by atoms with Crippen molar-refractivity contribution in [3.63, 3.8) is 0 Å². The van der Waals surface area contributed by atoms with E-state index < -0.39 is 0 Å². The highest BCUT2D eigenvalue weighted by Gasteiger charge is 2.53. The highest BCUT2D eigenvalue weighted by Crippen LogP contribution is 2.59. The number of alkyl halides is 1. The molecule has 0 aliphatic heterocycles. The van der Waals surface area contributed by atoms with E-state index in [2.05, 4.69) is 41.5 Å². The first-order valence-corrected chi connectivity index (χ1v) is 7.31. The predicted octanol–water partition coefficient (Wildman–Crippen LogP) is 5.49. The van der Waals surface area contributed by atoms with E-state index in [0.29, 0.717) is 10.8 Å². The van der Waals surface area contributed by atoms with Crippen molar-refractivity contribution in [3.05, 3.63) is 0 Å². The van der Waals surface area contributed by atoms with Crippen molar-refractivity contribution in [1.82, 2.24) is 0 Å². The summed E-state index contributed by atoms with van der Waals surface area (Å²) in [5, 5.41) is 0.351. The van der Waals surface area contributed by atoms with Gasteiger partial charge in [0, 0.05) is 5.38 Å². The van der Waals surface area contributed by atoms with Crippen LogP contribution in [0.25, 0.3) is 0 Å². The Bertz CT molecular complexity index is 230. The van der Waals surface area contributed by atoms with Crippen molar-refractivity contribution in [2.24, 2.45) is 22.7 Å². The van der Waals surface area contributed by atoms with E-state index in [-0.39, 0.29) is 5.41 Å². The van der Waals surface area contributed by atoms with Gasteiger partial charge < -0.3 is 0 Å². The largest absolute Gasteiger partial charge is 0.122 e. The summed E-state index contributed by atoms with van der Waals surface area (Å²) in [6.07, 6.45) is 5.23. The minimum Gasteiger partial charge on any atom is -0.122 e. The zero-order valence-electron chi connectivity index (χ0n) is 11.9. The van der Waals surface area contributed by atoms with E-state index in [1.54, 1.807) is 0 Å². The van der Waals surface area contributed by atoms with E-state index in [4.69, 9.17) is 11.6 Å². The third-order valence-electron chi connectivity index (χ3n) is 5.66. The summed E-state index contributed by atoms with van der Waals surface area (Å²) >= 11 is 6.53. The summed E-state index contributed by atoms with van der Waals surface area (Å²) in [5.74, 6) is 1.67. The molecule has 1 aliphatic carbocycles. The molecule has 0 saturated heterocycles. The van der Waals surface area contributed by atoms with Gasteiger partial charge in [0.05, 0.1) is 0 Å². The fraction of sp³-hybridized carbons (Fsp3) is 1.00. The first-order valence-electron chi connectivity index (χ1n) is 6.87. The second-order valence-electron chi connectivity index (χ2n) is 6.93. The molecule has 0 nitrogen and oxygen atoms in total. The van der Waals surface area contributed by atoms with Gasteiger partial charge in [-0.15, -0.1) is 11.6 Å². The highest BCUT2D eigenvalue weighted by molar-refractivity contribution is 6.21. The molecule has 1 fully saturated rings. The average molecular weight is 245 g/mol. The van der Waals surface area contributed by atoms with Gasteiger partial charge >= 0.3 is 0 Å². The van der Waals surface area contributed by atoms with Crippen molar-refractivity contribution >= 4 is 11.6 Å². The van der Waals surface area contributed by atoms with Gasteiger partial charge in [0.15, 0.2) is 0 Å². The Balaban J connectivity index is 2.63. The quantitative estimate of drug-likeness (QED) is 0.574. The fourth-order valence-electron chi connectivity index (χ4n) is 2.94. The molecule has 1 saturated carbocycles. The van der Waals surface area contributed by atoms with Crippen LogP contribution >= 0.6 is 11.6 Å². The van der Waals surface area contributed by atoms with Crippen molar-refractivity contribution in [3.8, 4) is 0 Å². The Morgan fingerprint density at radius 1 is 1.19 bits per heavy atom. The average Bonchev–Trinajstić information content (AvgIpc) is 2.35. The monoisotopic (exact) mass is 244 g/mol. The molecule has 0 aromatic rings. The zero-order chi connectivity index (χ0) is 12.6. The molecule has 1 rings (SSSR count). The SMILES string of the molecule is CCC(C)CCC1CC(Cl)C(C)(C)C1(C)C. The summed E-state index contributed by atoms with van der Waals surface area (Å²) in [4.78, 5) is 0. The lowest BCUT2D eigenvalue weighted by atomic mass is 9.65. The molecule has 3 unspecified atom stereocenters. The van der Waals surface area contributed by atoms with Gasteiger partial charge in [-0.05, 0) is 35.5 Å². The Morgan fingerprint density at radius 3 is 2.12 bits per heavy atom. The standard InChI is InChI=1S/C15H29Cl/c1-7-11(2)8-9-12-10-13(16)15(5,6)14(12,3)4/h11-13H,7-10H2,1-6H3. The lowest BCUT2D eigenvalue weighted by Gasteiger charge is -2.40. The maximum Gasteiger partial charge on any atom is 0.0395 e. The van der Waals surface area contributed by atoms with Crippen LogP contribution in [-0.4, -0.2) is 5.38 Å². The number of rotatable bonds is 4. The van der Waals surface area contributed by atoms with Crippen LogP contribution in [-0.2, 0) is 0 Å². The van der Waals surface area contributed by atoms with Crippen LogP contribution < -0.4 is 0 Å². The van der Waals surface area contributed by atoms with Crippen LogP contribution in [0.3, 0.4) is 0 Å². The van der Waals surface area contributed by atoms with Crippen LogP contribution in [0.5, 0.6) is 0 Å². The van der Waals surface area contributed by atoms with Gasteiger partial charge in [0.2, 0.25) is 0 Å². The molecule has 16 heavy (non-hydrogen) atoms. The van der Waals surface area contributed by atoms with Crippen molar-refractivity contribution in [2.75, 3.05) is 0 Å². The topological polar surface area (TPSA) is 0 Å². The van der Waals surface area contributed by atoms with E-state index >= 15 is 0 Å². The molecule has 0 heterocycles. The summed E-state index contributed by atoms with van der Waals surface area (Å²) < 4.78 is 0. The second kappa shape index (κ2) is 4.88. The number of hydrogen-bond donors (Lipinski definition) is 0. The molecule has 0 N–H and O–H groups in total. The van der Waals surface area contributed by atoms with Crippen LogP contribution in [0.4, 0.5) is 0 Å². The van der Waals surface area contributed by atoms with Gasteiger partial charge in [-0.2, -0.15) is 0 Å². The van der Waals surface area contributed by atoms with Gasteiger partial charge in [0.1, 0.15) is 0 Å². The Kier molecular flexibility index (Phi) is 4.38. The van der Waals surface area contributed by atoms with Crippen LogP contribution in [0, 0.1) is 22.7 Å². The van der Waals surface area contributed by atoms with Crippen molar-refractivity contribution < 1.29 is 0 Å². The number of halogens is 1. The summed E-state index contributed by atoms with van der Waals surface area (Å²) in [6.45, 7) is 14.2. The summed E-state index contributed by atoms with van der Waals surface area (Å²) in [7, 11) is 0. The molecular formula is C15H29Cl. The smallest absolute Gasteiger partial charge is 0.0395 e. The van der Waals surface area contributed by atoms with E-state index in [1.807, 2.05) is 0 Å². The second-order valence-corrected chi connectivity index (χ2v) is 7.46. The van der Waals surface area contributed by atoms with Gasteiger partial charge in [-0.3, -0.25) is 0 Å². The summed E-state index contributed by atoms with van der Waals surface area (Å²) in [6, 6.07) is 0. The molecule has 0 bridgehead atoms. The first-order chi connectivity index (χ1) is 7.23. The predicted molar refractivity (Wildman–Crippen MR) is 74.0 cm³/mol. The molecule has 0 aromatic carbocycles. The van der Waals surface area contributed by atoms with E-state index in [0.717, 1.165) is 11.8 Å². The van der Waals surface area contributed by atoms with Crippen molar-refractivity contribution in [2.45, 2.75) is 72.6 Å². The molecule has 0 spiro atoms. The molecule has 1 heteroatoms. The highest BCUT2D eigenvalue weighted by atomic mass is 35.5. The Morgan fingerprint density at radius 2 is 1.75 bits per heavy atom. The van der Waals surface area contributed by atoms with Crippen LogP contribution in [0.1, 0.15) is 67.2 Å². The molecule has 1 aliphatic rings. The lowest BCUT2D eigenvalue weighted by molar-refractivity contribution is 0.100. The van der Waals surface area contributed by atoms with Gasteiger partial charge in [0.25, 0.3) is 0 Å². The normalized spacial score (nSPS) is 33.9. The van der Waals surface area contributed by atoms with Gasteiger partial charge in [-0.25, -0.2) is 0 Å². The maximum absolute atomic E-state index is 6.53. The third kappa shape index (κ3) is 2.42. The lowest BCUT2D eigenvalue weighted by Crippen LogP contribution is -2.35. The first kappa shape index (κ1) is 14.4. The van der Waals surface area contributed by atoms with Crippen molar-refractivity contribution in [1.29, 1.82) is 0 Å². The van der Waals surface area contributed by atoms with Crippen LogP contribution in [0.15, 0.2) is 0 Å². The molecule has 3 atom stereocenters. The van der Waals surface area contributed by atoms with Crippen LogP contribution in [0.2, 0.25) is 0 Å². The maximum atomic E-state index is 6.53. The molecule has 96 valence electrons. The van der Waals surface area contributed by atoms with E-state index in [1.165, 1.54) is 25.7 Å². The summed E-state index contributed by atoms with van der Waals surface area (Å²) in [5.41, 5.74) is 0.654. The minimum absolute atomic E-state index is 0.272. The zero-order valence-corrected chi connectivity index (χ0v) is 12.7. The van der Waals surface area contributed by atoms with Gasteiger partial charge in [-0.1, -0.05) is 54.4 Å². The molecule has 0 aromatic heterocycles. The third-order valence-corrected chi connectivity index (χ3v) is 6.38. The van der Waals surface area contributed by atoms with E-state index in [9.17, 15) is 0 Å². The molecule has 0 radical (unpaired) electrons. The Labute approximate surface area is 107 Å².